The van der Waals surface area contributed by atoms with E-state index in [1.807, 2.05) is 0 Å². The zero-order valence-corrected chi connectivity index (χ0v) is 13.7. The lowest BCUT2D eigenvalue weighted by Crippen LogP contribution is -2.16. The molecule has 23 heavy (non-hydrogen) atoms. The maximum Gasteiger partial charge on any atom is 0.323 e. The van der Waals surface area contributed by atoms with E-state index >= 15 is 0 Å². The van der Waals surface area contributed by atoms with Crippen LogP contribution in [0.5, 0.6) is 12.0 Å². The molecule has 0 unspecified atom stereocenters. The number of nitrogens with zero attached hydrogens (tertiary/aromatic N) is 4. The summed E-state index contributed by atoms with van der Waals surface area (Å²) in [5.41, 5.74) is 0.494. The molecule has 0 spiro atoms. The van der Waals surface area contributed by atoms with Crippen molar-refractivity contribution in [2.75, 3.05) is 14.2 Å². The van der Waals surface area contributed by atoms with E-state index in [4.69, 9.17) is 9.47 Å². The van der Waals surface area contributed by atoms with E-state index in [-0.39, 0.29) is 27.9 Å². The lowest BCUT2D eigenvalue weighted by atomic mass is 10.2. The predicted molar refractivity (Wildman–Crippen MR) is 82.1 cm³/mol. The number of hydrogen-bond acceptors (Lipinski definition) is 9. The van der Waals surface area contributed by atoms with Gasteiger partial charge in [-0.25, -0.2) is 0 Å². The summed E-state index contributed by atoms with van der Waals surface area (Å²) in [5, 5.41) is 0.248. The van der Waals surface area contributed by atoms with Gasteiger partial charge in [-0.05, 0) is 12.1 Å². The first-order valence-electron chi connectivity index (χ1n) is 6.25. The van der Waals surface area contributed by atoms with Crippen LogP contribution in [0.1, 0.15) is 5.56 Å². The summed E-state index contributed by atoms with van der Waals surface area (Å²) in [7, 11) is -0.841. The van der Waals surface area contributed by atoms with Crippen LogP contribution in [-0.2, 0) is 10.0 Å². The number of aromatic nitrogens is 3. The Hall–Kier alpha value is -2.40. The normalized spacial score (nSPS) is 14.8. The van der Waals surface area contributed by atoms with E-state index in [1.54, 1.807) is 18.2 Å². The molecule has 2 aromatic rings. The van der Waals surface area contributed by atoms with Gasteiger partial charge in [0.1, 0.15) is 4.90 Å². The molecule has 0 bridgehead atoms. The summed E-state index contributed by atoms with van der Waals surface area (Å²) in [5.74, 6) is 0.212. The Kier molecular flexibility index (Phi) is 4.05. The highest BCUT2D eigenvalue weighted by molar-refractivity contribution is 7.98. The van der Waals surface area contributed by atoms with Crippen LogP contribution < -0.4 is 14.2 Å². The van der Waals surface area contributed by atoms with Crippen molar-refractivity contribution in [3.63, 3.8) is 0 Å². The molecule has 11 heteroatoms. The minimum absolute atomic E-state index is 0.0857. The van der Waals surface area contributed by atoms with Crippen molar-refractivity contribution in [2.24, 2.45) is 4.40 Å². The third kappa shape index (κ3) is 3.05. The summed E-state index contributed by atoms with van der Waals surface area (Å²) in [4.78, 5) is 12.1. The summed E-state index contributed by atoms with van der Waals surface area (Å²) >= 11 is 0.974. The molecule has 0 saturated carbocycles. The average molecular weight is 353 g/mol. The standard InChI is InChI=1S/C12H11N5O4S2/c1-20-10-13-11(21-2)15-12(14-10)22-16-9-7-5-3-4-6-8(7)23(18,19)17-9/h3-6H,1-2H3,(H,16,17). The Balaban J connectivity index is 1.85. The van der Waals surface area contributed by atoms with Gasteiger partial charge in [-0.3, -0.25) is 0 Å². The van der Waals surface area contributed by atoms with E-state index in [9.17, 15) is 8.42 Å². The molecule has 1 aromatic heterocycles. The second kappa shape index (κ2) is 6.01. The third-order valence-electron chi connectivity index (χ3n) is 2.81. The number of nitrogens with one attached hydrogen (secondary N) is 1. The first kappa shape index (κ1) is 15.5. The van der Waals surface area contributed by atoms with Crippen LogP contribution in [0.4, 0.5) is 0 Å². The molecule has 2 heterocycles. The van der Waals surface area contributed by atoms with Crippen LogP contribution in [0.2, 0.25) is 0 Å². The highest BCUT2D eigenvalue weighted by Crippen LogP contribution is 2.26. The largest absolute Gasteiger partial charge is 0.467 e. The quantitative estimate of drug-likeness (QED) is 0.790. The number of amidine groups is 1. The van der Waals surface area contributed by atoms with E-state index in [0.717, 1.165) is 11.9 Å². The Morgan fingerprint density at radius 1 is 1.04 bits per heavy atom. The van der Waals surface area contributed by atoms with Crippen molar-refractivity contribution >= 4 is 27.8 Å². The molecular weight excluding hydrogens is 342 g/mol. The highest BCUT2D eigenvalue weighted by atomic mass is 32.2. The van der Waals surface area contributed by atoms with Crippen LogP contribution in [-0.4, -0.2) is 43.4 Å². The van der Waals surface area contributed by atoms with E-state index in [2.05, 4.69) is 24.1 Å². The Bertz CT molecular complexity index is 863. The van der Waals surface area contributed by atoms with Gasteiger partial charge in [0.25, 0.3) is 10.0 Å². The Morgan fingerprint density at radius 2 is 1.70 bits per heavy atom. The zero-order chi connectivity index (χ0) is 16.4. The van der Waals surface area contributed by atoms with Crippen LogP contribution in [0.25, 0.3) is 0 Å². The predicted octanol–water partition coefficient (Wildman–Crippen LogP) is 0.635. The van der Waals surface area contributed by atoms with E-state index in [1.165, 1.54) is 20.3 Å². The monoisotopic (exact) mass is 353 g/mol. The SMILES string of the molecule is COc1nc(OC)nc(SNC2=NS(=O)(=O)c3ccccc32)n1. The number of benzene rings is 1. The van der Waals surface area contributed by atoms with Gasteiger partial charge in [0, 0.05) is 17.5 Å². The molecule has 0 saturated heterocycles. The van der Waals surface area contributed by atoms with Crippen molar-refractivity contribution in [2.45, 2.75) is 10.1 Å². The average Bonchev–Trinajstić information content (AvgIpc) is 2.84. The smallest absolute Gasteiger partial charge is 0.323 e. The molecule has 1 aliphatic heterocycles. The van der Waals surface area contributed by atoms with Crippen LogP contribution in [0.15, 0.2) is 38.7 Å². The molecule has 3 rings (SSSR count). The van der Waals surface area contributed by atoms with Crippen molar-refractivity contribution in [1.29, 1.82) is 0 Å². The van der Waals surface area contributed by atoms with E-state index < -0.39 is 10.0 Å². The fraction of sp³-hybridized carbons (Fsp3) is 0.167. The zero-order valence-electron chi connectivity index (χ0n) is 12.0. The minimum Gasteiger partial charge on any atom is -0.467 e. The van der Waals surface area contributed by atoms with Gasteiger partial charge >= 0.3 is 12.0 Å². The second-order valence-electron chi connectivity index (χ2n) is 4.21. The minimum atomic E-state index is -3.68. The molecule has 0 fully saturated rings. The molecule has 1 aliphatic rings. The molecule has 120 valence electrons. The lowest BCUT2D eigenvalue weighted by Gasteiger charge is -2.06. The molecule has 1 N–H and O–H groups in total. The summed E-state index contributed by atoms with van der Waals surface area (Å²) in [6.45, 7) is 0. The first-order chi connectivity index (χ1) is 11.0. The summed E-state index contributed by atoms with van der Waals surface area (Å²) in [6.07, 6.45) is 0. The second-order valence-corrected chi connectivity index (χ2v) is 6.55. The fourth-order valence-corrected chi connectivity index (χ4v) is 3.65. The van der Waals surface area contributed by atoms with Gasteiger partial charge in [-0.2, -0.15) is 18.4 Å². The molecule has 0 radical (unpaired) electrons. The van der Waals surface area contributed by atoms with Gasteiger partial charge < -0.3 is 14.2 Å². The molecule has 0 amide bonds. The van der Waals surface area contributed by atoms with Gasteiger partial charge in [-0.15, -0.1) is 9.38 Å². The molecule has 1 aromatic carbocycles. The number of rotatable bonds is 4. The Labute approximate surface area is 136 Å². The topological polar surface area (TPSA) is 116 Å². The van der Waals surface area contributed by atoms with Crippen molar-refractivity contribution < 1.29 is 17.9 Å². The fourth-order valence-electron chi connectivity index (χ4n) is 1.82. The van der Waals surface area contributed by atoms with Crippen LogP contribution in [0, 0.1) is 0 Å². The lowest BCUT2D eigenvalue weighted by molar-refractivity contribution is 0.332. The molecule has 0 aliphatic carbocycles. The van der Waals surface area contributed by atoms with Crippen molar-refractivity contribution in [3.8, 4) is 12.0 Å². The van der Waals surface area contributed by atoms with Crippen LogP contribution >= 0.6 is 11.9 Å². The third-order valence-corrected chi connectivity index (χ3v) is 4.80. The number of methoxy groups -OCH3 is 2. The maximum atomic E-state index is 12.0. The number of sulfonamides is 1. The molecule has 0 atom stereocenters. The van der Waals surface area contributed by atoms with Gasteiger partial charge in [-0.1, -0.05) is 12.1 Å². The van der Waals surface area contributed by atoms with Crippen molar-refractivity contribution in [3.05, 3.63) is 29.8 Å². The van der Waals surface area contributed by atoms with Gasteiger partial charge in [0.2, 0.25) is 5.16 Å². The number of ether oxygens (including phenoxy) is 2. The van der Waals surface area contributed by atoms with E-state index in [0.29, 0.717) is 5.56 Å². The van der Waals surface area contributed by atoms with Crippen molar-refractivity contribution in [1.82, 2.24) is 19.7 Å². The Morgan fingerprint density at radius 3 is 2.35 bits per heavy atom. The first-order valence-corrected chi connectivity index (χ1v) is 8.50. The summed E-state index contributed by atoms with van der Waals surface area (Å²) in [6, 6.07) is 6.72. The van der Waals surface area contributed by atoms with Crippen LogP contribution in [0.3, 0.4) is 0 Å². The maximum absolute atomic E-state index is 12.0. The summed E-state index contributed by atoms with van der Waals surface area (Å²) < 4.78 is 40.4. The van der Waals surface area contributed by atoms with Gasteiger partial charge in [0.05, 0.1) is 14.2 Å². The number of hydrogen-bond donors (Lipinski definition) is 1. The van der Waals surface area contributed by atoms with Gasteiger partial charge in [0.15, 0.2) is 5.84 Å². The number of fused-ring (bicyclic) bond motifs is 1. The highest BCUT2D eigenvalue weighted by Gasteiger charge is 2.28. The molecule has 9 nitrogen and oxygen atoms in total. The molecular formula is C12H11N5O4S2.